The van der Waals surface area contributed by atoms with Crippen LogP contribution < -0.4 is 16.0 Å². The van der Waals surface area contributed by atoms with Gasteiger partial charge < -0.3 is 30.8 Å². The molecule has 5 aromatic rings. The third-order valence-electron chi connectivity index (χ3n) is 9.18. The van der Waals surface area contributed by atoms with E-state index < -0.39 is 36.0 Å². The van der Waals surface area contributed by atoms with Crippen LogP contribution >= 0.6 is 0 Å². The molecule has 10 heteroatoms. The number of hydrogen-bond donors (Lipinski definition) is 5. The van der Waals surface area contributed by atoms with Crippen LogP contribution in [0, 0.1) is 5.92 Å². The van der Waals surface area contributed by atoms with Crippen LogP contribution in [0.5, 0.6) is 0 Å². The molecule has 258 valence electrons. The van der Waals surface area contributed by atoms with Gasteiger partial charge in [0.1, 0.15) is 18.7 Å². The van der Waals surface area contributed by atoms with Gasteiger partial charge in [0.2, 0.25) is 11.8 Å². The second-order valence-electron chi connectivity index (χ2n) is 13.2. The molecule has 3 atom stereocenters. The number of aromatic amines is 1. The molecular weight excluding hydrogens is 630 g/mol. The summed E-state index contributed by atoms with van der Waals surface area (Å²) >= 11 is 0. The van der Waals surface area contributed by atoms with E-state index in [1.165, 1.54) is 6.33 Å². The van der Waals surface area contributed by atoms with Gasteiger partial charge in [0.15, 0.2) is 0 Å². The third kappa shape index (κ3) is 8.03. The number of rotatable bonds is 14. The number of nitrogens with zero attached hydrogens (tertiary/aromatic N) is 1. The Bertz CT molecular complexity index is 1890. The van der Waals surface area contributed by atoms with Gasteiger partial charge in [0, 0.05) is 25.0 Å². The monoisotopic (exact) mass is 673 g/mol. The highest BCUT2D eigenvalue weighted by Gasteiger charge is 2.32. The van der Waals surface area contributed by atoms with Crippen LogP contribution in [0.15, 0.2) is 104 Å². The van der Waals surface area contributed by atoms with Gasteiger partial charge in [-0.15, -0.1) is 0 Å². The predicted octanol–water partition coefficient (Wildman–Crippen LogP) is 5.26. The van der Waals surface area contributed by atoms with Gasteiger partial charge in [-0.25, -0.2) is 9.78 Å². The number of aliphatic hydroxyl groups excluding tert-OH is 1. The molecule has 0 spiro atoms. The molecule has 1 heterocycles. The number of aromatic nitrogens is 2. The van der Waals surface area contributed by atoms with Crippen molar-refractivity contribution in [1.82, 2.24) is 25.9 Å². The lowest BCUT2D eigenvalue weighted by Gasteiger charge is -2.25. The SMILES string of the molecule is CC(C)C[C@@H](CO)NC(=O)[C@H](Cc1c[nH]cn1)NC(=O)[C@H](Cc1cccc2ccccc12)NC(=O)OCC1c2ccccc2-c2ccccc21. The standard InChI is InChI=1S/C40H43N5O5/c1-25(2)18-29(22-46)43-38(47)37(20-28-21-41-24-42-28)44-39(48)36(19-27-12-9-11-26-10-3-4-13-30(26)27)45-40(49)50-23-35-33-16-7-5-14-31(33)32-15-6-8-17-34(32)35/h3-17,21,24-25,29,35-37,46H,18-20,22-23H2,1-2H3,(H,41,42)(H,43,47)(H,44,48)(H,45,49)/t29-,36-,37-/m0/s1. The number of nitrogens with one attached hydrogen (secondary N) is 4. The van der Waals surface area contributed by atoms with Gasteiger partial charge in [-0.05, 0) is 50.9 Å². The summed E-state index contributed by atoms with van der Waals surface area (Å²) in [5, 5.41) is 20.5. The van der Waals surface area contributed by atoms with Crippen molar-refractivity contribution in [2.75, 3.05) is 13.2 Å². The summed E-state index contributed by atoms with van der Waals surface area (Å²) < 4.78 is 5.84. The van der Waals surface area contributed by atoms with Gasteiger partial charge in [-0.3, -0.25) is 9.59 Å². The second kappa shape index (κ2) is 15.8. The first kappa shape index (κ1) is 34.4. The first-order valence-corrected chi connectivity index (χ1v) is 17.1. The lowest BCUT2D eigenvalue weighted by Crippen LogP contribution is -2.56. The molecule has 50 heavy (non-hydrogen) atoms. The molecular formula is C40H43N5O5. The summed E-state index contributed by atoms with van der Waals surface area (Å²) in [6, 6.07) is 27.3. The largest absolute Gasteiger partial charge is 0.449 e. The predicted molar refractivity (Wildman–Crippen MR) is 192 cm³/mol. The van der Waals surface area contributed by atoms with Gasteiger partial charge in [0.25, 0.3) is 0 Å². The lowest BCUT2D eigenvalue weighted by molar-refractivity contribution is -0.130. The molecule has 6 rings (SSSR count). The number of ether oxygens (including phenoxy) is 1. The Morgan fingerprint density at radius 1 is 0.800 bits per heavy atom. The number of carbonyl (C=O) groups excluding carboxylic acids is 3. The van der Waals surface area contributed by atoms with Crippen molar-refractivity contribution >= 4 is 28.7 Å². The fourth-order valence-corrected chi connectivity index (χ4v) is 6.83. The molecule has 1 aromatic heterocycles. The van der Waals surface area contributed by atoms with Crippen molar-refractivity contribution in [3.63, 3.8) is 0 Å². The normalized spacial score (nSPS) is 14.0. The highest BCUT2D eigenvalue weighted by atomic mass is 16.5. The molecule has 0 saturated carbocycles. The summed E-state index contributed by atoms with van der Waals surface area (Å²) in [5.41, 5.74) is 5.82. The minimum atomic E-state index is -1.07. The average molecular weight is 674 g/mol. The first-order valence-electron chi connectivity index (χ1n) is 17.1. The fraction of sp³-hybridized carbons (Fsp3) is 0.300. The van der Waals surface area contributed by atoms with Gasteiger partial charge in [-0.2, -0.15) is 0 Å². The van der Waals surface area contributed by atoms with Crippen LogP contribution in [-0.4, -0.2) is 64.3 Å². The number of imidazole rings is 1. The molecule has 3 amide bonds. The van der Waals surface area contributed by atoms with Gasteiger partial charge >= 0.3 is 6.09 Å². The molecule has 0 aliphatic heterocycles. The number of carbonyl (C=O) groups is 3. The Hall–Kier alpha value is -5.48. The van der Waals surface area contributed by atoms with Crippen molar-refractivity contribution < 1.29 is 24.2 Å². The summed E-state index contributed by atoms with van der Waals surface area (Å²) in [5.74, 6) is -0.915. The van der Waals surface area contributed by atoms with Crippen LogP contribution in [0.3, 0.4) is 0 Å². The minimum absolute atomic E-state index is 0.0883. The average Bonchev–Trinajstić information content (AvgIpc) is 3.75. The number of aliphatic hydroxyl groups is 1. The van der Waals surface area contributed by atoms with E-state index in [2.05, 4.69) is 38.1 Å². The van der Waals surface area contributed by atoms with Crippen molar-refractivity contribution in [2.45, 2.75) is 57.2 Å². The number of fused-ring (bicyclic) bond motifs is 4. The molecule has 5 N–H and O–H groups in total. The number of amides is 3. The topological polar surface area (TPSA) is 145 Å². The quantitative estimate of drug-likeness (QED) is 0.109. The molecule has 4 aromatic carbocycles. The van der Waals surface area contributed by atoms with Crippen LogP contribution in [0.1, 0.15) is 48.6 Å². The van der Waals surface area contributed by atoms with E-state index >= 15 is 0 Å². The Morgan fingerprint density at radius 2 is 1.44 bits per heavy atom. The summed E-state index contributed by atoms with van der Waals surface area (Å²) in [6.45, 7) is 3.86. The van der Waals surface area contributed by atoms with Crippen molar-refractivity contribution in [1.29, 1.82) is 0 Å². The molecule has 10 nitrogen and oxygen atoms in total. The zero-order valence-corrected chi connectivity index (χ0v) is 28.3. The molecule has 0 fully saturated rings. The van der Waals surface area contributed by atoms with Gasteiger partial charge in [0.05, 0.1) is 24.7 Å². The molecule has 0 unspecified atom stereocenters. The van der Waals surface area contributed by atoms with Crippen molar-refractivity contribution in [2.24, 2.45) is 5.92 Å². The second-order valence-corrected chi connectivity index (χ2v) is 13.2. The highest BCUT2D eigenvalue weighted by Crippen LogP contribution is 2.44. The number of hydrogen-bond acceptors (Lipinski definition) is 6. The maximum absolute atomic E-state index is 14.1. The Balaban J connectivity index is 1.23. The molecule has 1 aliphatic rings. The number of alkyl carbamates (subject to hydrolysis) is 1. The van der Waals surface area contributed by atoms with E-state index in [0.29, 0.717) is 12.1 Å². The summed E-state index contributed by atoms with van der Waals surface area (Å²) in [4.78, 5) is 48.4. The Labute approximate surface area is 291 Å². The van der Waals surface area contributed by atoms with E-state index in [4.69, 9.17) is 4.74 Å². The van der Waals surface area contributed by atoms with E-state index in [1.54, 1.807) is 6.20 Å². The Kier molecular flexibility index (Phi) is 10.9. The van der Waals surface area contributed by atoms with Crippen LogP contribution in [-0.2, 0) is 27.2 Å². The minimum Gasteiger partial charge on any atom is -0.449 e. The van der Waals surface area contributed by atoms with Crippen molar-refractivity contribution in [3.05, 3.63) is 126 Å². The molecule has 0 radical (unpaired) electrons. The van der Waals surface area contributed by atoms with E-state index in [9.17, 15) is 19.5 Å². The molecule has 0 bridgehead atoms. The van der Waals surface area contributed by atoms with E-state index in [1.807, 2.05) is 92.7 Å². The van der Waals surface area contributed by atoms with Crippen LogP contribution in [0.25, 0.3) is 21.9 Å². The maximum Gasteiger partial charge on any atom is 0.407 e. The lowest BCUT2D eigenvalue weighted by atomic mass is 9.98. The van der Waals surface area contributed by atoms with Crippen molar-refractivity contribution in [3.8, 4) is 11.1 Å². The first-order chi connectivity index (χ1) is 24.3. The Morgan fingerprint density at radius 3 is 2.12 bits per heavy atom. The highest BCUT2D eigenvalue weighted by molar-refractivity contribution is 5.93. The third-order valence-corrected chi connectivity index (χ3v) is 9.18. The van der Waals surface area contributed by atoms with Crippen LogP contribution in [0.4, 0.5) is 4.79 Å². The zero-order chi connectivity index (χ0) is 35.0. The zero-order valence-electron chi connectivity index (χ0n) is 28.3. The molecule has 1 aliphatic carbocycles. The smallest absolute Gasteiger partial charge is 0.407 e. The summed E-state index contributed by atoms with van der Waals surface area (Å²) in [7, 11) is 0. The van der Waals surface area contributed by atoms with E-state index in [0.717, 1.165) is 38.6 Å². The number of H-pyrrole nitrogens is 1. The maximum atomic E-state index is 14.1. The van der Waals surface area contributed by atoms with Crippen LogP contribution in [0.2, 0.25) is 0 Å². The van der Waals surface area contributed by atoms with E-state index in [-0.39, 0.29) is 37.9 Å². The molecule has 0 saturated heterocycles. The fourth-order valence-electron chi connectivity index (χ4n) is 6.83. The summed E-state index contributed by atoms with van der Waals surface area (Å²) in [6.07, 6.45) is 3.25. The number of benzene rings is 4. The van der Waals surface area contributed by atoms with Gasteiger partial charge in [-0.1, -0.05) is 105 Å².